The lowest BCUT2D eigenvalue weighted by molar-refractivity contribution is -0.130. The van der Waals surface area contributed by atoms with E-state index in [1.165, 1.54) is 0 Å². The Balaban J connectivity index is 0.00000625. The maximum Gasteiger partial charge on any atom is 0.224 e. The van der Waals surface area contributed by atoms with Crippen LogP contribution in [0.15, 0.2) is 23.3 Å². The molecule has 7 nitrogen and oxygen atoms in total. The topological polar surface area (TPSA) is 78.9 Å². The molecule has 0 aliphatic carbocycles. The van der Waals surface area contributed by atoms with Gasteiger partial charge < -0.3 is 20.3 Å². The van der Waals surface area contributed by atoms with Gasteiger partial charge in [-0.05, 0) is 39.3 Å². The van der Waals surface area contributed by atoms with Crippen LogP contribution in [0.5, 0.6) is 5.88 Å². The summed E-state index contributed by atoms with van der Waals surface area (Å²) in [5.41, 5.74) is 1.02. The van der Waals surface area contributed by atoms with E-state index >= 15 is 0 Å². The summed E-state index contributed by atoms with van der Waals surface area (Å²) in [5, 5.41) is 6.40. The number of guanidine groups is 1. The Kier molecular flexibility index (Phi) is 13.7. The lowest BCUT2D eigenvalue weighted by Crippen LogP contribution is -2.40. The van der Waals surface area contributed by atoms with Gasteiger partial charge in [0.25, 0.3) is 0 Å². The van der Waals surface area contributed by atoms with Crippen LogP contribution < -0.4 is 15.4 Å². The Bertz CT molecular complexity index is 550. The molecule has 0 aliphatic rings. The van der Waals surface area contributed by atoms with Crippen LogP contribution in [0.1, 0.15) is 39.7 Å². The van der Waals surface area contributed by atoms with E-state index in [2.05, 4.69) is 20.6 Å². The number of hydrogen-bond acceptors (Lipinski definition) is 4. The number of amides is 1. The van der Waals surface area contributed by atoms with E-state index in [0.717, 1.165) is 25.2 Å². The van der Waals surface area contributed by atoms with E-state index in [0.29, 0.717) is 38.0 Å². The van der Waals surface area contributed by atoms with Crippen molar-refractivity contribution in [3.8, 4) is 5.88 Å². The van der Waals surface area contributed by atoms with E-state index in [1.807, 2.05) is 44.7 Å². The number of halogens is 1. The maximum atomic E-state index is 12.0. The minimum Gasteiger partial charge on any atom is -0.478 e. The second-order valence-electron chi connectivity index (χ2n) is 5.37. The molecule has 0 bridgehead atoms. The molecule has 0 unspecified atom stereocenters. The minimum absolute atomic E-state index is 0. The monoisotopic (exact) mass is 477 g/mol. The van der Waals surface area contributed by atoms with Crippen molar-refractivity contribution in [1.29, 1.82) is 0 Å². The molecule has 0 fully saturated rings. The lowest BCUT2D eigenvalue weighted by atomic mass is 10.3. The summed E-state index contributed by atoms with van der Waals surface area (Å²) in [5.74, 6) is 1.46. The number of aliphatic imine (C=N–C) groups is 1. The fraction of sp³-hybridized carbons (Fsp3) is 0.611. The number of pyridine rings is 1. The molecule has 0 aliphatic heterocycles. The third-order valence-corrected chi connectivity index (χ3v) is 3.60. The Morgan fingerprint density at radius 2 is 1.96 bits per heavy atom. The van der Waals surface area contributed by atoms with Gasteiger partial charge in [0.2, 0.25) is 11.8 Å². The van der Waals surface area contributed by atoms with Gasteiger partial charge in [0.05, 0.1) is 13.2 Å². The smallest absolute Gasteiger partial charge is 0.224 e. The summed E-state index contributed by atoms with van der Waals surface area (Å²) in [6.07, 6.45) is 2.18. The molecule has 0 spiro atoms. The molecule has 0 saturated carbocycles. The average molecular weight is 477 g/mol. The van der Waals surface area contributed by atoms with Crippen molar-refractivity contribution in [3.05, 3.63) is 23.9 Å². The van der Waals surface area contributed by atoms with Crippen LogP contribution in [0.3, 0.4) is 0 Å². The largest absolute Gasteiger partial charge is 0.478 e. The van der Waals surface area contributed by atoms with Gasteiger partial charge in [-0.2, -0.15) is 0 Å². The minimum atomic E-state index is 0. The van der Waals surface area contributed by atoms with Gasteiger partial charge in [0, 0.05) is 44.9 Å². The van der Waals surface area contributed by atoms with Gasteiger partial charge in [0.1, 0.15) is 0 Å². The normalized spacial score (nSPS) is 10.7. The molecule has 148 valence electrons. The van der Waals surface area contributed by atoms with E-state index in [9.17, 15) is 4.79 Å². The van der Waals surface area contributed by atoms with Crippen LogP contribution in [0, 0.1) is 0 Å². The first-order valence-electron chi connectivity index (χ1n) is 9.02. The fourth-order valence-corrected chi connectivity index (χ4v) is 2.31. The summed E-state index contributed by atoms with van der Waals surface area (Å²) >= 11 is 0. The summed E-state index contributed by atoms with van der Waals surface area (Å²) in [7, 11) is 0. The predicted molar refractivity (Wildman–Crippen MR) is 116 cm³/mol. The van der Waals surface area contributed by atoms with E-state index in [-0.39, 0.29) is 29.9 Å². The number of hydrogen-bond donors (Lipinski definition) is 2. The summed E-state index contributed by atoms with van der Waals surface area (Å²) in [6, 6.07) is 3.81. The van der Waals surface area contributed by atoms with Crippen LogP contribution in [0.25, 0.3) is 0 Å². The molecule has 0 saturated heterocycles. The van der Waals surface area contributed by atoms with Gasteiger partial charge in [0.15, 0.2) is 5.96 Å². The zero-order chi connectivity index (χ0) is 18.5. The van der Waals surface area contributed by atoms with Crippen molar-refractivity contribution in [2.24, 2.45) is 4.99 Å². The molecular formula is C18H32IN5O2. The number of rotatable bonds is 10. The second kappa shape index (κ2) is 14.6. The molecular weight excluding hydrogens is 445 g/mol. The highest BCUT2D eigenvalue weighted by atomic mass is 127. The van der Waals surface area contributed by atoms with E-state index < -0.39 is 0 Å². The number of nitrogens with zero attached hydrogens (tertiary/aromatic N) is 3. The SMILES string of the molecule is CCNC(=NCc1ccnc(OCC)c1)NCCC(=O)N(CC)CC.I. The predicted octanol–water partition coefficient (Wildman–Crippen LogP) is 2.41. The third-order valence-electron chi connectivity index (χ3n) is 3.60. The summed E-state index contributed by atoms with van der Waals surface area (Å²) in [4.78, 5) is 22.6. The first-order valence-corrected chi connectivity index (χ1v) is 9.02. The van der Waals surface area contributed by atoms with Crippen molar-refractivity contribution in [2.75, 3.05) is 32.8 Å². The average Bonchev–Trinajstić information content (AvgIpc) is 2.61. The highest BCUT2D eigenvalue weighted by Gasteiger charge is 2.09. The molecule has 8 heteroatoms. The standard InChI is InChI=1S/C18H31N5O2.HI/c1-5-19-18(21-12-10-17(24)23(6-2)7-3)22-14-15-9-11-20-16(13-15)25-8-4;/h9,11,13H,5-8,10,12,14H2,1-4H3,(H2,19,21,22);1H. The highest BCUT2D eigenvalue weighted by molar-refractivity contribution is 14.0. The number of carbonyl (C=O) groups is 1. The van der Waals surface area contributed by atoms with E-state index in [1.54, 1.807) is 6.20 Å². The third kappa shape index (κ3) is 9.21. The first-order chi connectivity index (χ1) is 12.1. The van der Waals surface area contributed by atoms with Crippen molar-refractivity contribution >= 4 is 35.8 Å². The molecule has 0 aromatic carbocycles. The Labute approximate surface area is 174 Å². The highest BCUT2D eigenvalue weighted by Crippen LogP contribution is 2.10. The van der Waals surface area contributed by atoms with Crippen molar-refractivity contribution < 1.29 is 9.53 Å². The summed E-state index contributed by atoms with van der Waals surface area (Å²) in [6.45, 7) is 11.8. The van der Waals surface area contributed by atoms with Gasteiger partial charge in [-0.1, -0.05) is 0 Å². The molecule has 0 atom stereocenters. The molecule has 1 heterocycles. The van der Waals surface area contributed by atoms with Gasteiger partial charge in [-0.15, -0.1) is 24.0 Å². The lowest BCUT2D eigenvalue weighted by Gasteiger charge is -2.19. The molecule has 1 amide bonds. The van der Waals surface area contributed by atoms with Gasteiger partial charge in [-0.25, -0.2) is 9.98 Å². The Morgan fingerprint density at radius 3 is 2.58 bits per heavy atom. The zero-order valence-corrected chi connectivity index (χ0v) is 18.6. The van der Waals surface area contributed by atoms with Gasteiger partial charge >= 0.3 is 0 Å². The van der Waals surface area contributed by atoms with Crippen LogP contribution in [0.4, 0.5) is 0 Å². The Hall–Kier alpha value is -1.58. The quantitative estimate of drug-likeness (QED) is 0.308. The van der Waals surface area contributed by atoms with Crippen LogP contribution in [-0.4, -0.2) is 54.5 Å². The second-order valence-corrected chi connectivity index (χ2v) is 5.37. The van der Waals surface area contributed by atoms with Crippen LogP contribution in [-0.2, 0) is 11.3 Å². The van der Waals surface area contributed by atoms with E-state index in [4.69, 9.17) is 4.74 Å². The molecule has 2 N–H and O–H groups in total. The van der Waals surface area contributed by atoms with Crippen LogP contribution >= 0.6 is 24.0 Å². The molecule has 1 aromatic heterocycles. The number of ether oxygens (including phenoxy) is 1. The molecule has 26 heavy (non-hydrogen) atoms. The van der Waals surface area contributed by atoms with Crippen molar-refractivity contribution in [1.82, 2.24) is 20.5 Å². The zero-order valence-electron chi connectivity index (χ0n) is 16.2. The number of carbonyl (C=O) groups excluding carboxylic acids is 1. The Morgan fingerprint density at radius 1 is 1.23 bits per heavy atom. The number of nitrogens with one attached hydrogen (secondary N) is 2. The molecule has 1 aromatic rings. The molecule has 1 rings (SSSR count). The summed E-state index contributed by atoms with van der Waals surface area (Å²) < 4.78 is 5.40. The number of aromatic nitrogens is 1. The maximum absolute atomic E-state index is 12.0. The van der Waals surface area contributed by atoms with Crippen molar-refractivity contribution in [2.45, 2.75) is 40.7 Å². The van der Waals surface area contributed by atoms with Crippen molar-refractivity contribution in [3.63, 3.8) is 0 Å². The van der Waals surface area contributed by atoms with Gasteiger partial charge in [-0.3, -0.25) is 4.79 Å². The fourth-order valence-electron chi connectivity index (χ4n) is 2.31. The molecule has 0 radical (unpaired) electrons. The van der Waals surface area contributed by atoms with Crippen LogP contribution in [0.2, 0.25) is 0 Å². The first kappa shape index (κ1) is 24.4.